The minimum atomic E-state index is -0.572. The zero-order valence-electron chi connectivity index (χ0n) is 17.2. The molecule has 1 atom stereocenters. The number of aromatic nitrogens is 4. The van der Waals surface area contributed by atoms with Crippen molar-refractivity contribution in [3.8, 4) is 5.75 Å². The Bertz CT molecular complexity index is 1120. The normalized spacial score (nSPS) is 11.6. The number of anilines is 1. The number of carbonyl (C=O) groups excluding carboxylic acids is 1. The van der Waals surface area contributed by atoms with Crippen molar-refractivity contribution in [2.45, 2.75) is 18.9 Å². The lowest BCUT2D eigenvalue weighted by atomic mass is 10.0. The van der Waals surface area contributed by atoms with Crippen molar-refractivity contribution in [1.29, 1.82) is 0 Å². The lowest BCUT2D eigenvalue weighted by molar-refractivity contribution is -0.119. The van der Waals surface area contributed by atoms with Gasteiger partial charge in [-0.25, -0.2) is 4.68 Å². The predicted octanol–water partition coefficient (Wildman–Crippen LogP) is 3.70. The number of tetrazole rings is 1. The van der Waals surface area contributed by atoms with E-state index < -0.39 is 6.04 Å². The van der Waals surface area contributed by atoms with Crippen LogP contribution in [0.2, 0.25) is 0 Å². The van der Waals surface area contributed by atoms with Crippen molar-refractivity contribution in [2.24, 2.45) is 0 Å². The maximum Gasteiger partial charge on any atom is 0.249 e. The molecular weight excluding hydrogens is 390 g/mol. The number of nitrogens with one attached hydrogen (secondary N) is 1. The van der Waals surface area contributed by atoms with E-state index in [1.54, 1.807) is 7.11 Å². The van der Waals surface area contributed by atoms with Crippen LogP contribution < -0.4 is 10.1 Å². The molecule has 31 heavy (non-hydrogen) atoms. The molecule has 0 saturated carbocycles. The standard InChI is InChI=1S/C24H23N5O2/c1-31-23-13-12-21(16-20(23)14-18-8-4-2-5-9-18)26-24(30)22(29-17-25-27-28-29)15-19-10-6-3-7-11-19/h2-13,16-17,22H,14-15H2,1H3,(H,26,30). The van der Waals surface area contributed by atoms with E-state index in [0.717, 1.165) is 16.9 Å². The Balaban J connectivity index is 1.56. The molecule has 4 aromatic rings. The fourth-order valence-corrected chi connectivity index (χ4v) is 3.49. The van der Waals surface area contributed by atoms with Gasteiger partial charge in [-0.3, -0.25) is 4.79 Å². The first-order chi connectivity index (χ1) is 15.2. The van der Waals surface area contributed by atoms with Crippen molar-refractivity contribution < 1.29 is 9.53 Å². The summed E-state index contributed by atoms with van der Waals surface area (Å²) in [5.41, 5.74) is 3.88. The van der Waals surface area contributed by atoms with Gasteiger partial charge < -0.3 is 10.1 Å². The van der Waals surface area contributed by atoms with Gasteiger partial charge in [-0.2, -0.15) is 0 Å². The molecule has 7 nitrogen and oxygen atoms in total. The van der Waals surface area contributed by atoms with Crippen LogP contribution in [0, 0.1) is 0 Å². The lowest BCUT2D eigenvalue weighted by Gasteiger charge is -2.17. The summed E-state index contributed by atoms with van der Waals surface area (Å²) in [4.78, 5) is 13.2. The SMILES string of the molecule is COc1ccc(NC(=O)C(Cc2ccccc2)n2cnnn2)cc1Cc1ccccc1. The fourth-order valence-electron chi connectivity index (χ4n) is 3.49. The number of rotatable bonds is 8. The molecule has 0 bridgehead atoms. The summed E-state index contributed by atoms with van der Waals surface area (Å²) in [6.07, 6.45) is 2.64. The van der Waals surface area contributed by atoms with Crippen LogP contribution in [0.25, 0.3) is 0 Å². The van der Waals surface area contributed by atoms with Gasteiger partial charge >= 0.3 is 0 Å². The Morgan fingerprint density at radius 2 is 1.71 bits per heavy atom. The highest BCUT2D eigenvalue weighted by atomic mass is 16.5. The van der Waals surface area contributed by atoms with Crippen molar-refractivity contribution in [3.63, 3.8) is 0 Å². The maximum atomic E-state index is 13.2. The molecule has 0 radical (unpaired) electrons. The molecule has 0 aliphatic heterocycles. The van der Waals surface area contributed by atoms with Crippen molar-refractivity contribution in [3.05, 3.63) is 102 Å². The minimum Gasteiger partial charge on any atom is -0.496 e. The molecule has 1 heterocycles. The summed E-state index contributed by atoms with van der Waals surface area (Å²) in [5.74, 6) is 0.593. The number of hydrogen-bond acceptors (Lipinski definition) is 5. The zero-order valence-corrected chi connectivity index (χ0v) is 17.2. The van der Waals surface area contributed by atoms with E-state index in [9.17, 15) is 4.79 Å². The van der Waals surface area contributed by atoms with Crippen LogP contribution >= 0.6 is 0 Å². The highest BCUT2D eigenvalue weighted by molar-refractivity contribution is 5.94. The van der Waals surface area contributed by atoms with Crippen LogP contribution in [0.3, 0.4) is 0 Å². The predicted molar refractivity (Wildman–Crippen MR) is 118 cm³/mol. The summed E-state index contributed by atoms with van der Waals surface area (Å²) in [5, 5.41) is 14.4. The molecule has 3 aromatic carbocycles. The van der Waals surface area contributed by atoms with E-state index in [2.05, 4.69) is 33.0 Å². The number of nitrogens with zero attached hydrogens (tertiary/aromatic N) is 4. The Kier molecular flexibility index (Phi) is 6.32. The monoisotopic (exact) mass is 413 g/mol. The molecule has 0 fully saturated rings. The van der Waals surface area contributed by atoms with Crippen LogP contribution in [0.15, 0.2) is 85.2 Å². The highest BCUT2D eigenvalue weighted by Crippen LogP contribution is 2.26. The Morgan fingerprint density at radius 3 is 2.35 bits per heavy atom. The summed E-state index contributed by atoms with van der Waals surface area (Å²) < 4.78 is 7.00. The molecule has 0 saturated heterocycles. The summed E-state index contributed by atoms with van der Waals surface area (Å²) in [6, 6.07) is 25.0. The smallest absolute Gasteiger partial charge is 0.249 e. The first-order valence-electron chi connectivity index (χ1n) is 10.0. The van der Waals surface area contributed by atoms with Crippen molar-refractivity contribution >= 4 is 11.6 Å². The number of ether oxygens (including phenoxy) is 1. The third-order valence-corrected chi connectivity index (χ3v) is 5.04. The van der Waals surface area contributed by atoms with Crippen LogP contribution in [0.5, 0.6) is 5.75 Å². The number of hydrogen-bond donors (Lipinski definition) is 1. The summed E-state index contributed by atoms with van der Waals surface area (Å²) in [7, 11) is 1.65. The van der Waals surface area contributed by atoms with Gasteiger partial charge in [0.2, 0.25) is 5.91 Å². The Morgan fingerprint density at radius 1 is 1.00 bits per heavy atom. The van der Waals surface area contributed by atoms with Gasteiger partial charge in [0, 0.05) is 24.1 Å². The van der Waals surface area contributed by atoms with E-state index in [1.807, 2.05) is 66.7 Å². The quantitative estimate of drug-likeness (QED) is 0.476. The number of amides is 1. The third-order valence-electron chi connectivity index (χ3n) is 5.04. The second kappa shape index (κ2) is 9.67. The minimum absolute atomic E-state index is 0.188. The van der Waals surface area contributed by atoms with Crippen molar-refractivity contribution in [2.75, 3.05) is 12.4 Å². The van der Waals surface area contributed by atoms with Crippen LogP contribution in [0.1, 0.15) is 22.7 Å². The van der Waals surface area contributed by atoms with Gasteiger partial charge in [-0.15, -0.1) is 5.10 Å². The fraction of sp³-hybridized carbons (Fsp3) is 0.167. The van der Waals surface area contributed by atoms with Crippen molar-refractivity contribution in [1.82, 2.24) is 20.2 Å². The van der Waals surface area contributed by atoms with E-state index in [0.29, 0.717) is 18.5 Å². The van der Waals surface area contributed by atoms with Crippen LogP contribution in [0.4, 0.5) is 5.69 Å². The first kappa shape index (κ1) is 20.3. The molecule has 0 aliphatic rings. The molecule has 0 spiro atoms. The summed E-state index contributed by atoms with van der Waals surface area (Å²) >= 11 is 0. The molecule has 1 N–H and O–H groups in total. The molecule has 4 rings (SSSR count). The number of methoxy groups -OCH3 is 1. The van der Waals surface area contributed by atoms with Crippen LogP contribution in [-0.2, 0) is 17.6 Å². The van der Waals surface area contributed by atoms with Gasteiger partial charge in [0.05, 0.1) is 7.11 Å². The van der Waals surface area contributed by atoms with Crippen LogP contribution in [-0.4, -0.2) is 33.2 Å². The second-order valence-electron chi connectivity index (χ2n) is 7.17. The molecule has 1 amide bonds. The third kappa shape index (κ3) is 5.14. The molecule has 1 aromatic heterocycles. The molecule has 156 valence electrons. The Hall–Kier alpha value is -4.00. The zero-order chi connectivity index (χ0) is 21.5. The molecular formula is C24H23N5O2. The van der Waals surface area contributed by atoms with Gasteiger partial charge in [0.1, 0.15) is 18.1 Å². The van der Waals surface area contributed by atoms with E-state index in [-0.39, 0.29) is 5.91 Å². The average molecular weight is 413 g/mol. The van der Waals surface area contributed by atoms with E-state index >= 15 is 0 Å². The second-order valence-corrected chi connectivity index (χ2v) is 7.17. The van der Waals surface area contributed by atoms with Gasteiger partial charge in [0.15, 0.2) is 0 Å². The largest absolute Gasteiger partial charge is 0.496 e. The molecule has 1 unspecified atom stereocenters. The Labute approximate surface area is 180 Å². The number of benzene rings is 3. The molecule has 7 heteroatoms. The van der Waals surface area contributed by atoms with Gasteiger partial charge in [-0.05, 0) is 39.8 Å². The van der Waals surface area contributed by atoms with E-state index in [1.165, 1.54) is 16.6 Å². The summed E-state index contributed by atoms with van der Waals surface area (Å²) in [6.45, 7) is 0. The van der Waals surface area contributed by atoms with Gasteiger partial charge in [0.25, 0.3) is 0 Å². The first-order valence-corrected chi connectivity index (χ1v) is 10.0. The topological polar surface area (TPSA) is 81.9 Å². The molecule has 0 aliphatic carbocycles. The van der Waals surface area contributed by atoms with Gasteiger partial charge in [-0.1, -0.05) is 60.7 Å². The van der Waals surface area contributed by atoms with E-state index in [4.69, 9.17) is 4.74 Å². The maximum absolute atomic E-state index is 13.2. The average Bonchev–Trinajstić information content (AvgIpc) is 3.34. The number of carbonyl (C=O) groups is 1. The highest BCUT2D eigenvalue weighted by Gasteiger charge is 2.23. The lowest BCUT2D eigenvalue weighted by Crippen LogP contribution is -2.28.